The minimum atomic E-state index is -0.238. The number of aliphatic hydroxyl groups is 1. The Balaban J connectivity index is 1.43. The van der Waals surface area contributed by atoms with Gasteiger partial charge >= 0.3 is 0 Å². The summed E-state index contributed by atoms with van der Waals surface area (Å²) in [6.45, 7) is 0. The Labute approximate surface area is 142 Å². The molecule has 1 nitrogen and oxygen atoms in total. The summed E-state index contributed by atoms with van der Waals surface area (Å²) in [5.74, 6) is 0.722. The average molecular weight is 324 g/mol. The third-order valence-corrected chi connectivity index (χ3v) is 6.33. The van der Waals surface area contributed by atoms with E-state index in [1.54, 1.807) is 5.57 Å². The van der Waals surface area contributed by atoms with E-state index in [2.05, 4.69) is 41.8 Å². The fraction of sp³-hybridized carbons (Fsp3) is 0.429. The molecule has 2 atom stereocenters. The van der Waals surface area contributed by atoms with Gasteiger partial charge in [0, 0.05) is 4.88 Å². The minimum absolute atomic E-state index is 0.238. The number of aryl methyl sites for hydroxylation is 2. The second-order valence-corrected chi connectivity index (χ2v) is 7.91. The molecule has 0 saturated heterocycles. The first-order chi connectivity index (χ1) is 11.3. The standard InChI is InChI=1S/C21H24OS/c22-21-12-10-17-14-16(9-11-20(17)21)19-8-2-5-15(19)4-1-6-18-7-3-13-23-18/h3,7-9,11,13-15,21-22H,1-2,4-6,10,12H2/t15-,21?/m0/s1. The van der Waals surface area contributed by atoms with Crippen molar-refractivity contribution in [3.63, 3.8) is 0 Å². The maximum atomic E-state index is 9.98. The topological polar surface area (TPSA) is 20.2 Å². The number of hydrogen-bond donors (Lipinski definition) is 1. The first-order valence-corrected chi connectivity index (χ1v) is 9.73. The van der Waals surface area contributed by atoms with Crippen molar-refractivity contribution in [2.75, 3.05) is 0 Å². The lowest BCUT2D eigenvalue weighted by molar-refractivity contribution is 0.180. The fourth-order valence-electron chi connectivity index (χ4n) is 4.17. The monoisotopic (exact) mass is 324 g/mol. The van der Waals surface area contributed by atoms with Gasteiger partial charge in [-0.2, -0.15) is 0 Å². The lowest BCUT2D eigenvalue weighted by Crippen LogP contribution is -2.01. The summed E-state index contributed by atoms with van der Waals surface area (Å²) in [7, 11) is 0. The van der Waals surface area contributed by atoms with Crippen LogP contribution in [0.2, 0.25) is 0 Å². The van der Waals surface area contributed by atoms with Gasteiger partial charge in [0.1, 0.15) is 0 Å². The number of benzene rings is 1. The molecule has 23 heavy (non-hydrogen) atoms. The largest absolute Gasteiger partial charge is 0.388 e. The number of fused-ring (bicyclic) bond motifs is 1. The molecule has 1 aromatic carbocycles. The van der Waals surface area contributed by atoms with Crippen LogP contribution in [-0.4, -0.2) is 5.11 Å². The lowest BCUT2D eigenvalue weighted by Gasteiger charge is -2.16. The third kappa shape index (κ3) is 3.15. The predicted molar refractivity (Wildman–Crippen MR) is 97.7 cm³/mol. The molecule has 1 aromatic heterocycles. The Bertz CT molecular complexity index is 699. The molecule has 2 heteroatoms. The van der Waals surface area contributed by atoms with E-state index >= 15 is 0 Å². The highest BCUT2D eigenvalue weighted by Gasteiger charge is 2.24. The number of aliphatic hydroxyl groups excluding tert-OH is 1. The van der Waals surface area contributed by atoms with Gasteiger partial charge in [0.15, 0.2) is 0 Å². The summed E-state index contributed by atoms with van der Waals surface area (Å²) in [5.41, 5.74) is 5.47. The van der Waals surface area contributed by atoms with E-state index in [9.17, 15) is 5.11 Å². The van der Waals surface area contributed by atoms with Gasteiger partial charge in [0.2, 0.25) is 0 Å². The van der Waals surface area contributed by atoms with E-state index in [1.165, 1.54) is 48.1 Å². The number of hydrogen-bond acceptors (Lipinski definition) is 2. The molecule has 1 N–H and O–H groups in total. The van der Waals surface area contributed by atoms with Gasteiger partial charge in [-0.1, -0.05) is 30.3 Å². The molecule has 1 unspecified atom stereocenters. The summed E-state index contributed by atoms with van der Waals surface area (Å²) in [6, 6.07) is 11.1. The molecule has 2 aromatic rings. The zero-order valence-corrected chi connectivity index (χ0v) is 14.3. The summed E-state index contributed by atoms with van der Waals surface area (Å²) in [6.07, 6.45) is 10.5. The molecule has 1 heterocycles. The molecule has 0 bridgehead atoms. The van der Waals surface area contributed by atoms with Gasteiger partial charge in [-0.05, 0) is 84.6 Å². The molecular formula is C21H24OS. The van der Waals surface area contributed by atoms with E-state index in [1.807, 2.05) is 11.3 Å². The molecule has 0 aliphatic heterocycles. The smallest absolute Gasteiger partial charge is 0.0795 e. The Kier molecular flexibility index (Phi) is 4.37. The molecule has 2 aliphatic rings. The predicted octanol–water partition coefficient (Wildman–Crippen LogP) is 5.54. The van der Waals surface area contributed by atoms with Gasteiger partial charge < -0.3 is 5.11 Å². The van der Waals surface area contributed by atoms with Crippen LogP contribution in [0.3, 0.4) is 0 Å². The Morgan fingerprint density at radius 2 is 2.13 bits per heavy atom. The second-order valence-electron chi connectivity index (χ2n) is 6.87. The van der Waals surface area contributed by atoms with Crippen molar-refractivity contribution in [1.82, 2.24) is 0 Å². The second kappa shape index (κ2) is 6.62. The van der Waals surface area contributed by atoms with Crippen molar-refractivity contribution < 1.29 is 5.11 Å². The van der Waals surface area contributed by atoms with E-state index in [0.717, 1.165) is 24.3 Å². The molecule has 0 fully saturated rings. The van der Waals surface area contributed by atoms with Gasteiger partial charge in [-0.25, -0.2) is 0 Å². The molecule has 0 radical (unpaired) electrons. The van der Waals surface area contributed by atoms with Crippen molar-refractivity contribution >= 4 is 16.9 Å². The molecular weight excluding hydrogens is 300 g/mol. The first-order valence-electron chi connectivity index (χ1n) is 8.85. The van der Waals surface area contributed by atoms with Crippen molar-refractivity contribution in [2.45, 2.75) is 51.0 Å². The highest BCUT2D eigenvalue weighted by atomic mass is 32.1. The van der Waals surface area contributed by atoms with Crippen molar-refractivity contribution in [2.24, 2.45) is 5.92 Å². The van der Waals surface area contributed by atoms with Crippen LogP contribution >= 0.6 is 11.3 Å². The third-order valence-electron chi connectivity index (χ3n) is 5.40. The minimum Gasteiger partial charge on any atom is -0.388 e. The van der Waals surface area contributed by atoms with Gasteiger partial charge in [-0.3, -0.25) is 0 Å². The van der Waals surface area contributed by atoms with Crippen LogP contribution in [0.15, 0.2) is 41.8 Å². The van der Waals surface area contributed by atoms with Crippen molar-refractivity contribution in [3.05, 3.63) is 63.4 Å². The van der Waals surface area contributed by atoms with Crippen molar-refractivity contribution in [3.8, 4) is 0 Å². The molecule has 2 aliphatic carbocycles. The normalized spacial score (nSPS) is 23.1. The van der Waals surface area contributed by atoms with Crippen LogP contribution in [0.25, 0.3) is 5.57 Å². The molecule has 0 saturated carbocycles. The highest BCUT2D eigenvalue weighted by Crippen LogP contribution is 2.40. The van der Waals surface area contributed by atoms with E-state index < -0.39 is 0 Å². The Morgan fingerprint density at radius 3 is 3.00 bits per heavy atom. The van der Waals surface area contributed by atoms with Gasteiger partial charge in [0.05, 0.1) is 6.10 Å². The van der Waals surface area contributed by atoms with Crippen LogP contribution in [0, 0.1) is 5.92 Å². The number of rotatable bonds is 5. The zero-order chi connectivity index (χ0) is 15.6. The van der Waals surface area contributed by atoms with Gasteiger partial charge in [-0.15, -0.1) is 11.3 Å². The quantitative estimate of drug-likeness (QED) is 0.765. The van der Waals surface area contributed by atoms with Gasteiger partial charge in [0.25, 0.3) is 0 Å². The molecule has 120 valence electrons. The van der Waals surface area contributed by atoms with Crippen molar-refractivity contribution in [1.29, 1.82) is 0 Å². The number of allylic oxidation sites excluding steroid dienone is 2. The average Bonchev–Trinajstić information content (AvgIpc) is 3.29. The van der Waals surface area contributed by atoms with Crippen LogP contribution in [0.1, 0.15) is 59.8 Å². The van der Waals surface area contributed by atoms with E-state index in [0.29, 0.717) is 0 Å². The zero-order valence-electron chi connectivity index (χ0n) is 13.5. The maximum Gasteiger partial charge on any atom is 0.0795 e. The maximum absolute atomic E-state index is 9.98. The lowest BCUT2D eigenvalue weighted by atomic mass is 9.89. The summed E-state index contributed by atoms with van der Waals surface area (Å²) in [4.78, 5) is 1.51. The van der Waals surface area contributed by atoms with Crippen LogP contribution < -0.4 is 0 Å². The van der Waals surface area contributed by atoms with E-state index in [-0.39, 0.29) is 6.10 Å². The highest BCUT2D eigenvalue weighted by molar-refractivity contribution is 7.09. The summed E-state index contributed by atoms with van der Waals surface area (Å²) < 4.78 is 0. The molecule has 0 amide bonds. The van der Waals surface area contributed by atoms with Crippen LogP contribution in [0.5, 0.6) is 0 Å². The Hall–Kier alpha value is -1.38. The molecule has 0 spiro atoms. The SMILES string of the molecule is OC1CCc2cc(C3=CCC[C@@H]3CCCc3cccs3)ccc21. The number of thiophene rings is 1. The van der Waals surface area contributed by atoms with Crippen LogP contribution in [0.4, 0.5) is 0 Å². The Morgan fingerprint density at radius 1 is 1.17 bits per heavy atom. The summed E-state index contributed by atoms with van der Waals surface area (Å²) >= 11 is 1.88. The summed E-state index contributed by atoms with van der Waals surface area (Å²) in [5, 5.41) is 12.2. The fourth-order valence-corrected chi connectivity index (χ4v) is 4.92. The molecule has 4 rings (SSSR count). The van der Waals surface area contributed by atoms with Crippen LogP contribution in [-0.2, 0) is 12.8 Å². The first kappa shape index (κ1) is 15.2. The van der Waals surface area contributed by atoms with E-state index in [4.69, 9.17) is 0 Å².